The Morgan fingerprint density at radius 3 is 3.00 bits per heavy atom. The first-order valence-corrected chi connectivity index (χ1v) is 10.1. The van der Waals surface area contributed by atoms with Crippen LogP contribution in [0.3, 0.4) is 0 Å². The fourth-order valence-corrected chi connectivity index (χ4v) is 4.83. The Hall–Kier alpha value is -2.14. The van der Waals surface area contributed by atoms with Gasteiger partial charge in [-0.2, -0.15) is 0 Å². The Kier molecular flexibility index (Phi) is 5.30. The molecule has 5 heteroatoms. The van der Waals surface area contributed by atoms with Crippen molar-refractivity contribution in [2.45, 2.75) is 45.6 Å². The molecule has 1 aromatic heterocycles. The smallest absolute Gasteiger partial charge is 0.222 e. The maximum absolute atomic E-state index is 12.5. The number of aromatic amines is 1. The van der Waals surface area contributed by atoms with Gasteiger partial charge >= 0.3 is 0 Å². The van der Waals surface area contributed by atoms with Crippen LogP contribution in [0.4, 0.5) is 0 Å². The number of benzene rings is 1. The van der Waals surface area contributed by atoms with Crippen LogP contribution in [0.2, 0.25) is 0 Å². The molecule has 3 heterocycles. The molecular weight excluding hydrogens is 336 g/mol. The second-order valence-corrected chi connectivity index (χ2v) is 8.45. The molecule has 1 N–H and O–H groups in total. The highest BCUT2D eigenvalue weighted by molar-refractivity contribution is 5.77. The molecule has 2 fully saturated rings. The predicted octanol–water partition coefficient (Wildman–Crippen LogP) is 3.17. The minimum atomic E-state index is 0.268. The summed E-state index contributed by atoms with van der Waals surface area (Å²) in [6.45, 7) is 7.15. The summed E-state index contributed by atoms with van der Waals surface area (Å²) in [7, 11) is 0. The molecule has 144 valence electrons. The number of aromatic nitrogens is 2. The Morgan fingerprint density at radius 1 is 1.26 bits per heavy atom. The van der Waals surface area contributed by atoms with Gasteiger partial charge in [-0.05, 0) is 38.3 Å². The molecule has 2 aliphatic rings. The molecule has 2 saturated heterocycles. The van der Waals surface area contributed by atoms with Gasteiger partial charge in [-0.25, -0.2) is 4.98 Å². The molecule has 1 spiro atoms. The summed E-state index contributed by atoms with van der Waals surface area (Å²) in [6, 6.07) is 8.84. The summed E-state index contributed by atoms with van der Waals surface area (Å²) < 4.78 is 0. The zero-order valence-corrected chi connectivity index (χ0v) is 16.3. The molecule has 2 aromatic rings. The maximum Gasteiger partial charge on any atom is 0.222 e. The average molecular weight is 367 g/mol. The van der Waals surface area contributed by atoms with E-state index >= 15 is 0 Å². The first kappa shape index (κ1) is 18.2. The number of hydrogen-bond acceptors (Lipinski definition) is 3. The van der Waals surface area contributed by atoms with Crippen LogP contribution in [0.1, 0.15) is 42.5 Å². The summed E-state index contributed by atoms with van der Waals surface area (Å²) in [5.74, 6) is 0.316. The third kappa shape index (κ3) is 4.41. The molecule has 1 atom stereocenters. The number of nitrogens with zero attached hydrogens (tertiary/aromatic N) is 3. The summed E-state index contributed by atoms with van der Waals surface area (Å²) in [4.78, 5) is 24.4. The molecular formula is C22H30N4O. The van der Waals surface area contributed by atoms with Crippen molar-refractivity contribution < 1.29 is 4.79 Å². The molecule has 0 bridgehead atoms. The van der Waals surface area contributed by atoms with Crippen molar-refractivity contribution >= 4 is 5.91 Å². The average Bonchev–Trinajstić information content (AvgIpc) is 3.17. The van der Waals surface area contributed by atoms with Gasteiger partial charge in [0.15, 0.2) is 0 Å². The van der Waals surface area contributed by atoms with E-state index in [0.29, 0.717) is 12.3 Å². The first-order chi connectivity index (χ1) is 13.1. The fourth-order valence-electron chi connectivity index (χ4n) is 4.83. The molecule has 4 rings (SSSR count). The number of aryl methyl sites for hydroxylation is 1. The monoisotopic (exact) mass is 366 g/mol. The third-order valence-corrected chi connectivity index (χ3v) is 6.18. The van der Waals surface area contributed by atoms with Crippen molar-refractivity contribution in [3.63, 3.8) is 0 Å². The predicted molar refractivity (Wildman–Crippen MR) is 106 cm³/mol. The molecule has 0 aliphatic carbocycles. The Bertz CT molecular complexity index is 772. The molecule has 0 saturated carbocycles. The van der Waals surface area contributed by atoms with Crippen molar-refractivity contribution in [1.29, 1.82) is 0 Å². The van der Waals surface area contributed by atoms with Crippen LogP contribution in [0, 0.1) is 12.3 Å². The Balaban J connectivity index is 1.39. The van der Waals surface area contributed by atoms with Crippen molar-refractivity contribution in [3.8, 4) is 0 Å². The summed E-state index contributed by atoms with van der Waals surface area (Å²) >= 11 is 0. The largest absolute Gasteiger partial charge is 0.348 e. The van der Waals surface area contributed by atoms with Crippen LogP contribution in [-0.2, 0) is 17.8 Å². The topological polar surface area (TPSA) is 52.2 Å². The third-order valence-electron chi connectivity index (χ3n) is 6.18. The van der Waals surface area contributed by atoms with Gasteiger partial charge in [0.25, 0.3) is 0 Å². The van der Waals surface area contributed by atoms with Crippen molar-refractivity contribution in [1.82, 2.24) is 19.8 Å². The number of hydrogen-bond donors (Lipinski definition) is 1. The number of piperidine rings is 2. The van der Waals surface area contributed by atoms with E-state index in [1.807, 2.05) is 6.20 Å². The molecule has 27 heavy (non-hydrogen) atoms. The van der Waals surface area contributed by atoms with E-state index in [-0.39, 0.29) is 5.41 Å². The highest BCUT2D eigenvalue weighted by Crippen LogP contribution is 2.39. The Labute approximate surface area is 161 Å². The summed E-state index contributed by atoms with van der Waals surface area (Å²) in [6.07, 6.45) is 8.62. The molecule has 2 aliphatic heterocycles. The quantitative estimate of drug-likeness (QED) is 0.884. The second-order valence-electron chi connectivity index (χ2n) is 8.45. The van der Waals surface area contributed by atoms with Crippen LogP contribution in [0.15, 0.2) is 36.8 Å². The minimum Gasteiger partial charge on any atom is -0.348 e. The fraction of sp³-hybridized carbons (Fsp3) is 0.545. The zero-order valence-electron chi connectivity index (χ0n) is 16.3. The van der Waals surface area contributed by atoms with E-state index < -0.39 is 0 Å². The van der Waals surface area contributed by atoms with Crippen molar-refractivity contribution in [2.75, 3.05) is 26.2 Å². The number of carbonyl (C=O) groups is 1. The van der Waals surface area contributed by atoms with Crippen molar-refractivity contribution in [2.24, 2.45) is 5.41 Å². The summed E-state index contributed by atoms with van der Waals surface area (Å²) in [5, 5.41) is 0. The van der Waals surface area contributed by atoms with E-state index in [1.54, 1.807) is 6.33 Å². The van der Waals surface area contributed by atoms with Gasteiger partial charge in [0.2, 0.25) is 5.91 Å². The molecule has 5 nitrogen and oxygen atoms in total. The number of rotatable bonds is 5. The van der Waals surface area contributed by atoms with Crippen LogP contribution < -0.4 is 0 Å². The molecule has 0 unspecified atom stereocenters. The van der Waals surface area contributed by atoms with E-state index in [9.17, 15) is 4.79 Å². The number of nitrogens with one attached hydrogen (secondary N) is 1. The van der Waals surface area contributed by atoms with Gasteiger partial charge in [-0.1, -0.05) is 29.8 Å². The number of imidazole rings is 1. The van der Waals surface area contributed by atoms with Crippen LogP contribution in [-0.4, -0.2) is 51.9 Å². The van der Waals surface area contributed by atoms with Gasteiger partial charge in [0.1, 0.15) is 0 Å². The number of carbonyl (C=O) groups excluding carboxylic acids is 1. The maximum atomic E-state index is 12.5. The lowest BCUT2D eigenvalue weighted by Crippen LogP contribution is -2.54. The Morgan fingerprint density at radius 2 is 2.19 bits per heavy atom. The lowest BCUT2D eigenvalue weighted by molar-refractivity contribution is -0.139. The van der Waals surface area contributed by atoms with E-state index in [1.165, 1.54) is 24.0 Å². The highest BCUT2D eigenvalue weighted by atomic mass is 16.2. The molecule has 1 amide bonds. The van der Waals surface area contributed by atoms with Gasteiger partial charge in [0.05, 0.1) is 6.33 Å². The molecule has 0 radical (unpaired) electrons. The lowest BCUT2D eigenvalue weighted by Gasteiger charge is -2.48. The van der Waals surface area contributed by atoms with Gasteiger partial charge in [-0.15, -0.1) is 0 Å². The SMILES string of the molecule is Cc1cccc(CN2CCC[C@@]3(CCC(=O)N(CCc4cnc[nH]4)C3)C2)c1. The zero-order chi connectivity index (χ0) is 18.7. The normalized spacial score (nSPS) is 23.9. The van der Waals surface area contributed by atoms with Gasteiger partial charge < -0.3 is 9.88 Å². The van der Waals surface area contributed by atoms with E-state index in [0.717, 1.165) is 51.3 Å². The van der Waals surface area contributed by atoms with E-state index in [4.69, 9.17) is 0 Å². The number of H-pyrrole nitrogens is 1. The molecule has 1 aromatic carbocycles. The first-order valence-electron chi connectivity index (χ1n) is 10.1. The summed E-state index contributed by atoms with van der Waals surface area (Å²) in [5.41, 5.74) is 4.10. The lowest BCUT2D eigenvalue weighted by atomic mass is 9.73. The number of likely N-dealkylation sites (tertiary alicyclic amines) is 2. The minimum absolute atomic E-state index is 0.268. The van der Waals surface area contributed by atoms with Crippen molar-refractivity contribution in [3.05, 3.63) is 53.6 Å². The van der Waals surface area contributed by atoms with Gasteiger partial charge in [-0.3, -0.25) is 9.69 Å². The highest BCUT2D eigenvalue weighted by Gasteiger charge is 2.41. The van der Waals surface area contributed by atoms with Crippen LogP contribution in [0.25, 0.3) is 0 Å². The van der Waals surface area contributed by atoms with Gasteiger partial charge in [0, 0.05) is 56.3 Å². The standard InChI is InChI=1S/C22H30N4O/c1-18-4-2-5-19(12-18)14-25-10-3-8-22(15-25)9-6-21(27)26(16-22)11-7-20-13-23-17-24-20/h2,4-5,12-13,17H,3,6-11,14-16H2,1H3,(H,23,24)/t22-/m1/s1. The number of amides is 1. The van der Waals surface area contributed by atoms with Crippen LogP contribution >= 0.6 is 0 Å². The second kappa shape index (κ2) is 7.85. The van der Waals surface area contributed by atoms with Crippen LogP contribution in [0.5, 0.6) is 0 Å². The van der Waals surface area contributed by atoms with E-state index in [2.05, 4.69) is 51.0 Å².